The van der Waals surface area contributed by atoms with Crippen molar-refractivity contribution in [3.8, 4) is 0 Å². The molecule has 1 saturated heterocycles. The molecule has 2 rings (SSSR count). The van der Waals surface area contributed by atoms with Crippen LogP contribution >= 0.6 is 11.3 Å². The normalized spacial score (nSPS) is 18.8. The summed E-state index contributed by atoms with van der Waals surface area (Å²) in [5, 5.41) is 9.83. The van der Waals surface area contributed by atoms with Gasteiger partial charge in [-0.25, -0.2) is 9.78 Å². The number of rotatable bonds is 3. The summed E-state index contributed by atoms with van der Waals surface area (Å²) in [5.74, 6) is -0.407. The fraction of sp³-hybridized carbons (Fsp3) is 0.636. The summed E-state index contributed by atoms with van der Waals surface area (Å²) in [6.07, 6.45) is 3.68. The number of hydrogen-bond donors (Lipinski definition) is 1. The zero-order valence-electron chi connectivity index (χ0n) is 9.35. The number of piperidine rings is 1. The van der Waals surface area contributed by atoms with Crippen molar-refractivity contribution in [2.24, 2.45) is 0 Å². The number of carbonyl (C=O) groups is 1. The molecule has 1 aliphatic rings. The van der Waals surface area contributed by atoms with E-state index in [9.17, 15) is 4.79 Å². The third-order valence-electron chi connectivity index (χ3n) is 3.12. The topological polar surface area (TPSA) is 53.4 Å². The van der Waals surface area contributed by atoms with Crippen LogP contribution in [0, 0.1) is 0 Å². The minimum Gasteiger partial charge on any atom is -0.477 e. The quantitative estimate of drug-likeness (QED) is 0.878. The van der Waals surface area contributed by atoms with E-state index >= 15 is 0 Å². The largest absolute Gasteiger partial charge is 0.477 e. The summed E-state index contributed by atoms with van der Waals surface area (Å²) in [6.45, 7) is 5.48. The average molecular weight is 240 g/mol. The lowest BCUT2D eigenvalue weighted by Crippen LogP contribution is -2.32. The molecule has 0 spiro atoms. The first-order valence-electron chi connectivity index (χ1n) is 5.62. The van der Waals surface area contributed by atoms with Crippen LogP contribution in [0.3, 0.4) is 0 Å². The Hall–Kier alpha value is -0.940. The van der Waals surface area contributed by atoms with E-state index in [1.807, 2.05) is 0 Å². The SMILES string of the molecule is CCN1CCC(c2ncc(C(=O)O)s2)CC1. The van der Waals surface area contributed by atoms with Crippen LogP contribution < -0.4 is 0 Å². The van der Waals surface area contributed by atoms with Gasteiger partial charge in [0.15, 0.2) is 0 Å². The van der Waals surface area contributed by atoms with Crippen molar-refractivity contribution in [3.05, 3.63) is 16.1 Å². The highest BCUT2D eigenvalue weighted by Gasteiger charge is 2.22. The van der Waals surface area contributed by atoms with Gasteiger partial charge >= 0.3 is 5.97 Å². The number of aromatic nitrogens is 1. The van der Waals surface area contributed by atoms with Crippen molar-refractivity contribution in [3.63, 3.8) is 0 Å². The summed E-state index contributed by atoms with van der Waals surface area (Å²) in [5.41, 5.74) is 0. The molecule has 2 heterocycles. The standard InChI is InChI=1S/C11H16N2O2S/c1-2-13-5-3-8(4-6-13)10-12-7-9(16-10)11(14)15/h7-8H,2-6H2,1H3,(H,14,15). The molecular weight excluding hydrogens is 224 g/mol. The molecule has 1 aliphatic heterocycles. The van der Waals surface area contributed by atoms with Crippen LogP contribution in [0.15, 0.2) is 6.20 Å². The Morgan fingerprint density at radius 2 is 2.31 bits per heavy atom. The molecule has 0 unspecified atom stereocenters. The first-order chi connectivity index (χ1) is 7.70. The van der Waals surface area contributed by atoms with Crippen LogP contribution in [0.1, 0.15) is 40.4 Å². The third-order valence-corrected chi connectivity index (χ3v) is 4.27. The van der Waals surface area contributed by atoms with E-state index in [0.29, 0.717) is 10.8 Å². The van der Waals surface area contributed by atoms with E-state index in [1.54, 1.807) is 0 Å². The number of carboxylic acid groups (broad SMARTS) is 1. The molecule has 0 aliphatic carbocycles. The second-order valence-corrected chi connectivity index (χ2v) is 5.14. The van der Waals surface area contributed by atoms with Gasteiger partial charge in [0.05, 0.1) is 11.2 Å². The zero-order chi connectivity index (χ0) is 11.5. The van der Waals surface area contributed by atoms with E-state index < -0.39 is 5.97 Å². The summed E-state index contributed by atoms with van der Waals surface area (Å²) < 4.78 is 0. The van der Waals surface area contributed by atoms with E-state index in [1.165, 1.54) is 17.5 Å². The van der Waals surface area contributed by atoms with Crippen LogP contribution in [0.5, 0.6) is 0 Å². The van der Waals surface area contributed by atoms with Crippen molar-refractivity contribution in [2.75, 3.05) is 19.6 Å². The lowest BCUT2D eigenvalue weighted by molar-refractivity contribution is 0.0702. The number of aromatic carboxylic acids is 1. The maximum atomic E-state index is 10.8. The number of likely N-dealkylation sites (tertiary alicyclic amines) is 1. The summed E-state index contributed by atoms with van der Waals surface area (Å²) in [4.78, 5) is 17.8. The van der Waals surface area contributed by atoms with Gasteiger partial charge in [-0.1, -0.05) is 6.92 Å². The molecule has 0 bridgehead atoms. The minimum absolute atomic E-state index is 0.355. The summed E-state index contributed by atoms with van der Waals surface area (Å²) >= 11 is 1.33. The van der Waals surface area contributed by atoms with E-state index in [0.717, 1.165) is 37.5 Å². The lowest BCUT2D eigenvalue weighted by Gasteiger charge is -2.29. The molecule has 1 aromatic rings. The Morgan fingerprint density at radius 3 is 2.81 bits per heavy atom. The van der Waals surface area contributed by atoms with Crippen molar-refractivity contribution < 1.29 is 9.90 Å². The molecule has 0 atom stereocenters. The van der Waals surface area contributed by atoms with E-state index in [-0.39, 0.29) is 0 Å². The predicted octanol–water partition coefficient (Wildman–Crippen LogP) is 2.04. The van der Waals surface area contributed by atoms with Crippen molar-refractivity contribution in [1.29, 1.82) is 0 Å². The Balaban J connectivity index is 2.00. The maximum absolute atomic E-state index is 10.8. The second-order valence-electron chi connectivity index (χ2n) is 4.08. The Labute approximate surface area is 98.9 Å². The van der Waals surface area contributed by atoms with Crippen LogP contribution in [0.25, 0.3) is 0 Å². The average Bonchev–Trinajstić information content (AvgIpc) is 2.78. The highest BCUT2D eigenvalue weighted by Crippen LogP contribution is 2.30. The number of thiazole rings is 1. The van der Waals surface area contributed by atoms with Gasteiger partial charge in [0.1, 0.15) is 4.88 Å². The van der Waals surface area contributed by atoms with Crippen LogP contribution in [0.2, 0.25) is 0 Å². The molecule has 4 nitrogen and oxygen atoms in total. The van der Waals surface area contributed by atoms with E-state index in [2.05, 4.69) is 16.8 Å². The van der Waals surface area contributed by atoms with Gasteiger partial charge in [0.25, 0.3) is 0 Å². The van der Waals surface area contributed by atoms with Gasteiger partial charge < -0.3 is 10.0 Å². The highest BCUT2D eigenvalue weighted by atomic mass is 32.1. The van der Waals surface area contributed by atoms with Gasteiger partial charge in [-0.2, -0.15) is 0 Å². The molecular formula is C11H16N2O2S. The smallest absolute Gasteiger partial charge is 0.347 e. The molecule has 0 aromatic carbocycles. The Bertz CT molecular complexity index is 370. The first-order valence-corrected chi connectivity index (χ1v) is 6.43. The molecule has 0 radical (unpaired) electrons. The molecule has 88 valence electrons. The van der Waals surface area contributed by atoms with Crippen LogP contribution in [0.4, 0.5) is 0 Å². The fourth-order valence-corrected chi connectivity index (χ4v) is 3.00. The first kappa shape index (κ1) is 11.5. The molecule has 0 amide bonds. The van der Waals surface area contributed by atoms with Crippen LogP contribution in [-0.2, 0) is 0 Å². The van der Waals surface area contributed by atoms with Crippen molar-refractivity contribution >= 4 is 17.3 Å². The molecule has 16 heavy (non-hydrogen) atoms. The summed E-state index contributed by atoms with van der Waals surface area (Å²) in [6, 6.07) is 0. The number of nitrogens with zero attached hydrogens (tertiary/aromatic N) is 2. The fourth-order valence-electron chi connectivity index (χ4n) is 2.07. The highest BCUT2D eigenvalue weighted by molar-refractivity contribution is 7.13. The number of carboxylic acids is 1. The lowest BCUT2D eigenvalue weighted by atomic mass is 9.98. The van der Waals surface area contributed by atoms with Gasteiger partial charge in [-0.3, -0.25) is 0 Å². The molecule has 1 N–H and O–H groups in total. The number of hydrogen-bond acceptors (Lipinski definition) is 4. The van der Waals surface area contributed by atoms with Gasteiger partial charge in [0, 0.05) is 5.92 Å². The minimum atomic E-state index is -0.866. The second kappa shape index (κ2) is 4.93. The molecule has 5 heteroatoms. The summed E-state index contributed by atoms with van der Waals surface area (Å²) in [7, 11) is 0. The predicted molar refractivity (Wildman–Crippen MR) is 63.2 cm³/mol. The maximum Gasteiger partial charge on any atom is 0.347 e. The van der Waals surface area contributed by atoms with Gasteiger partial charge in [-0.05, 0) is 32.5 Å². The van der Waals surface area contributed by atoms with E-state index in [4.69, 9.17) is 5.11 Å². The Kier molecular flexibility index (Phi) is 3.56. The molecule has 1 fully saturated rings. The van der Waals surface area contributed by atoms with Gasteiger partial charge in [0.2, 0.25) is 0 Å². The van der Waals surface area contributed by atoms with Crippen molar-refractivity contribution in [1.82, 2.24) is 9.88 Å². The molecule has 1 aromatic heterocycles. The van der Waals surface area contributed by atoms with Crippen molar-refractivity contribution in [2.45, 2.75) is 25.7 Å². The molecule has 0 saturated carbocycles. The zero-order valence-corrected chi connectivity index (χ0v) is 10.2. The Morgan fingerprint density at radius 1 is 1.62 bits per heavy atom. The van der Waals surface area contributed by atoms with Gasteiger partial charge in [-0.15, -0.1) is 11.3 Å². The monoisotopic (exact) mass is 240 g/mol. The van der Waals surface area contributed by atoms with Crippen LogP contribution in [-0.4, -0.2) is 40.6 Å². The third kappa shape index (κ3) is 2.41.